The van der Waals surface area contributed by atoms with Crippen molar-refractivity contribution in [1.29, 1.82) is 0 Å². The molecule has 4 bridgehead atoms. The summed E-state index contributed by atoms with van der Waals surface area (Å²) in [5.74, 6) is 3.32. The number of ether oxygens (including phenoxy) is 1. The molecule has 0 N–H and O–H groups in total. The molecule has 0 spiro atoms. The molecule has 0 aromatic rings. The standard InChI is InChI=1S/C14H18O2/c1-16-13(15)14-10-4-2-8(6-10)12(14)9-3-5-11(14)7-9/h2,4,8-12H,3,5-7H2,1H3. The molecule has 0 saturated heterocycles. The zero-order chi connectivity index (χ0) is 10.9. The summed E-state index contributed by atoms with van der Waals surface area (Å²) in [6, 6.07) is 0. The zero-order valence-corrected chi connectivity index (χ0v) is 9.69. The van der Waals surface area contributed by atoms with Gasteiger partial charge >= 0.3 is 5.97 Å². The SMILES string of the molecule is COC(=O)C12C3C=CC(C3)C1C1CCC2C1. The van der Waals surface area contributed by atoms with Crippen molar-refractivity contribution in [2.45, 2.75) is 25.7 Å². The average molecular weight is 218 g/mol. The molecule has 86 valence electrons. The maximum absolute atomic E-state index is 12.3. The number of hydrogen-bond acceptors (Lipinski definition) is 2. The van der Waals surface area contributed by atoms with E-state index in [2.05, 4.69) is 12.2 Å². The van der Waals surface area contributed by atoms with Crippen LogP contribution in [0.5, 0.6) is 0 Å². The summed E-state index contributed by atoms with van der Waals surface area (Å²) in [4.78, 5) is 12.3. The first-order chi connectivity index (χ1) is 7.78. The highest BCUT2D eigenvalue weighted by Gasteiger charge is 2.71. The average Bonchev–Trinajstić information content (AvgIpc) is 3.04. The van der Waals surface area contributed by atoms with Crippen molar-refractivity contribution in [1.82, 2.24) is 0 Å². The Hall–Kier alpha value is -0.790. The minimum atomic E-state index is -0.100. The van der Waals surface area contributed by atoms with Crippen LogP contribution in [0, 0.1) is 35.0 Å². The summed E-state index contributed by atoms with van der Waals surface area (Å²) in [6.45, 7) is 0. The molecule has 2 heteroatoms. The maximum atomic E-state index is 12.3. The lowest BCUT2D eigenvalue weighted by Gasteiger charge is -2.42. The van der Waals surface area contributed by atoms with Crippen molar-refractivity contribution in [2.75, 3.05) is 7.11 Å². The second-order valence-corrected chi connectivity index (χ2v) is 6.11. The largest absolute Gasteiger partial charge is 0.469 e. The maximum Gasteiger partial charge on any atom is 0.312 e. The number of hydrogen-bond donors (Lipinski definition) is 0. The summed E-state index contributed by atoms with van der Waals surface area (Å²) in [7, 11) is 1.57. The Labute approximate surface area is 96.0 Å². The predicted molar refractivity (Wildman–Crippen MR) is 59.5 cm³/mol. The molecule has 0 aromatic heterocycles. The predicted octanol–water partition coefficient (Wildman–Crippen LogP) is 2.40. The Morgan fingerprint density at radius 1 is 1.31 bits per heavy atom. The number of fused-ring (bicyclic) bond motifs is 9. The van der Waals surface area contributed by atoms with Crippen LogP contribution in [0.2, 0.25) is 0 Å². The third-order valence-corrected chi connectivity index (χ3v) is 5.94. The Balaban J connectivity index is 1.87. The third kappa shape index (κ3) is 0.751. The van der Waals surface area contributed by atoms with Crippen LogP contribution in [0.1, 0.15) is 25.7 Å². The first kappa shape index (κ1) is 9.26. The molecule has 4 aliphatic rings. The van der Waals surface area contributed by atoms with Crippen LogP contribution < -0.4 is 0 Å². The van der Waals surface area contributed by atoms with E-state index in [1.807, 2.05) is 0 Å². The van der Waals surface area contributed by atoms with E-state index in [4.69, 9.17) is 4.74 Å². The highest BCUT2D eigenvalue weighted by atomic mass is 16.5. The van der Waals surface area contributed by atoms with Crippen LogP contribution in [-0.2, 0) is 9.53 Å². The highest BCUT2D eigenvalue weighted by molar-refractivity contribution is 5.80. The van der Waals surface area contributed by atoms with Gasteiger partial charge in [-0.15, -0.1) is 0 Å². The van der Waals surface area contributed by atoms with E-state index in [1.54, 1.807) is 7.11 Å². The van der Waals surface area contributed by atoms with Crippen molar-refractivity contribution in [3.05, 3.63) is 12.2 Å². The Kier molecular flexibility index (Phi) is 1.57. The number of methoxy groups -OCH3 is 1. The molecular weight excluding hydrogens is 200 g/mol. The van der Waals surface area contributed by atoms with E-state index in [0.29, 0.717) is 23.7 Å². The smallest absolute Gasteiger partial charge is 0.312 e. The molecule has 0 aromatic carbocycles. The van der Waals surface area contributed by atoms with E-state index in [0.717, 1.165) is 5.92 Å². The van der Waals surface area contributed by atoms with E-state index >= 15 is 0 Å². The zero-order valence-electron chi connectivity index (χ0n) is 9.69. The molecule has 0 heterocycles. The van der Waals surface area contributed by atoms with Gasteiger partial charge in [0.15, 0.2) is 0 Å². The van der Waals surface area contributed by atoms with Gasteiger partial charge < -0.3 is 4.74 Å². The van der Waals surface area contributed by atoms with E-state index in [1.165, 1.54) is 25.7 Å². The van der Waals surface area contributed by atoms with Crippen LogP contribution in [0.4, 0.5) is 0 Å². The molecule has 6 unspecified atom stereocenters. The Morgan fingerprint density at radius 2 is 2.19 bits per heavy atom. The second kappa shape index (κ2) is 2.72. The van der Waals surface area contributed by atoms with Crippen LogP contribution in [0.15, 0.2) is 12.2 Å². The van der Waals surface area contributed by atoms with Crippen molar-refractivity contribution in [3.63, 3.8) is 0 Å². The fourth-order valence-electron chi connectivity index (χ4n) is 5.67. The fraction of sp³-hybridized carbons (Fsp3) is 0.786. The van der Waals surface area contributed by atoms with Gasteiger partial charge in [-0.1, -0.05) is 12.2 Å². The van der Waals surface area contributed by atoms with Crippen molar-refractivity contribution in [3.8, 4) is 0 Å². The van der Waals surface area contributed by atoms with Crippen LogP contribution in [-0.4, -0.2) is 13.1 Å². The van der Waals surface area contributed by atoms with Gasteiger partial charge in [0.1, 0.15) is 0 Å². The molecule has 3 saturated carbocycles. The summed E-state index contributed by atoms with van der Waals surface area (Å²) < 4.78 is 5.17. The van der Waals surface area contributed by atoms with Crippen LogP contribution in [0.25, 0.3) is 0 Å². The lowest BCUT2D eigenvalue weighted by molar-refractivity contribution is -0.162. The van der Waals surface area contributed by atoms with Crippen LogP contribution >= 0.6 is 0 Å². The monoisotopic (exact) mass is 218 g/mol. The van der Waals surface area contributed by atoms with E-state index < -0.39 is 0 Å². The molecule has 3 fully saturated rings. The summed E-state index contributed by atoms with van der Waals surface area (Å²) >= 11 is 0. The molecular formula is C14H18O2. The number of carbonyl (C=O) groups excluding carboxylic acids is 1. The molecule has 0 radical (unpaired) electrons. The first-order valence-corrected chi connectivity index (χ1v) is 6.55. The lowest BCUT2D eigenvalue weighted by atomic mass is 9.61. The van der Waals surface area contributed by atoms with Crippen molar-refractivity contribution >= 4 is 5.97 Å². The molecule has 6 atom stereocenters. The van der Waals surface area contributed by atoms with Gasteiger partial charge in [-0.25, -0.2) is 0 Å². The Morgan fingerprint density at radius 3 is 3.00 bits per heavy atom. The van der Waals surface area contributed by atoms with Crippen molar-refractivity contribution in [2.24, 2.45) is 35.0 Å². The van der Waals surface area contributed by atoms with Gasteiger partial charge in [-0.3, -0.25) is 4.79 Å². The van der Waals surface area contributed by atoms with Gasteiger partial charge in [-0.2, -0.15) is 0 Å². The minimum Gasteiger partial charge on any atom is -0.469 e. The normalized spacial score (nSPS) is 55.7. The van der Waals surface area contributed by atoms with Gasteiger partial charge in [-0.05, 0) is 55.3 Å². The molecule has 0 aliphatic heterocycles. The van der Waals surface area contributed by atoms with Gasteiger partial charge in [0.05, 0.1) is 12.5 Å². The molecule has 16 heavy (non-hydrogen) atoms. The van der Waals surface area contributed by atoms with E-state index in [-0.39, 0.29) is 11.4 Å². The summed E-state index contributed by atoms with van der Waals surface area (Å²) in [5, 5.41) is 0. The Bertz CT molecular complexity index is 386. The lowest BCUT2D eigenvalue weighted by Crippen LogP contribution is -2.47. The number of rotatable bonds is 1. The second-order valence-electron chi connectivity index (χ2n) is 6.11. The van der Waals surface area contributed by atoms with E-state index in [9.17, 15) is 4.79 Å². The van der Waals surface area contributed by atoms with Gasteiger partial charge in [0, 0.05) is 0 Å². The third-order valence-electron chi connectivity index (χ3n) is 5.94. The van der Waals surface area contributed by atoms with Crippen molar-refractivity contribution < 1.29 is 9.53 Å². The number of allylic oxidation sites excluding steroid dienone is 2. The molecule has 4 rings (SSSR count). The number of carbonyl (C=O) groups is 1. The first-order valence-electron chi connectivity index (χ1n) is 6.55. The molecule has 0 amide bonds. The van der Waals surface area contributed by atoms with Gasteiger partial charge in [0.25, 0.3) is 0 Å². The van der Waals surface area contributed by atoms with Gasteiger partial charge in [0.2, 0.25) is 0 Å². The quantitative estimate of drug-likeness (QED) is 0.384. The van der Waals surface area contributed by atoms with Crippen LogP contribution in [0.3, 0.4) is 0 Å². The fourth-order valence-corrected chi connectivity index (χ4v) is 5.67. The summed E-state index contributed by atoms with van der Waals surface area (Å²) in [5.41, 5.74) is -0.100. The summed E-state index contributed by atoms with van der Waals surface area (Å²) in [6.07, 6.45) is 9.79. The number of esters is 1. The molecule has 4 aliphatic carbocycles. The topological polar surface area (TPSA) is 26.3 Å². The minimum absolute atomic E-state index is 0.0987. The highest BCUT2D eigenvalue weighted by Crippen LogP contribution is 2.72. The molecule has 2 nitrogen and oxygen atoms in total.